The van der Waals surface area contributed by atoms with Crippen LogP contribution < -0.4 is 0 Å². The van der Waals surface area contributed by atoms with E-state index in [0.717, 1.165) is 35.5 Å². The molecule has 1 N–H and O–H groups in total. The van der Waals surface area contributed by atoms with Crippen molar-refractivity contribution in [3.8, 4) is 0 Å². The Morgan fingerprint density at radius 3 is 2.92 bits per heavy atom. The van der Waals surface area contributed by atoms with Gasteiger partial charge in [0, 0.05) is 24.7 Å². The number of aryl methyl sites for hydroxylation is 1. The third kappa shape index (κ3) is 2.44. The molecular formula is C19H21N5O. The number of imidazole rings is 1. The summed E-state index contributed by atoms with van der Waals surface area (Å²) in [5.74, 6) is 1.63. The first kappa shape index (κ1) is 14.7. The number of hydrogen-bond acceptors (Lipinski definition) is 3. The second kappa shape index (κ2) is 5.44. The minimum Gasteiger partial charge on any atom is -0.335 e. The number of benzene rings is 1. The molecule has 1 aliphatic heterocycles. The van der Waals surface area contributed by atoms with E-state index in [1.807, 2.05) is 36.1 Å². The van der Waals surface area contributed by atoms with Gasteiger partial charge in [0.15, 0.2) is 0 Å². The van der Waals surface area contributed by atoms with E-state index in [-0.39, 0.29) is 11.9 Å². The summed E-state index contributed by atoms with van der Waals surface area (Å²) in [5.41, 5.74) is 3.83. The molecule has 2 fully saturated rings. The number of para-hydroxylation sites is 2. The fourth-order valence-corrected chi connectivity index (χ4v) is 3.97. The molecule has 1 saturated heterocycles. The van der Waals surface area contributed by atoms with Crippen LogP contribution in [0.3, 0.4) is 0 Å². The Hall–Kier alpha value is -2.63. The maximum Gasteiger partial charge on any atom is 0.274 e. The van der Waals surface area contributed by atoms with Gasteiger partial charge in [0.2, 0.25) is 0 Å². The van der Waals surface area contributed by atoms with Gasteiger partial charge in [-0.05, 0) is 44.4 Å². The second-order valence-electron chi connectivity index (χ2n) is 7.19. The van der Waals surface area contributed by atoms with Crippen LogP contribution in [0, 0.1) is 6.92 Å². The molecule has 6 heteroatoms. The summed E-state index contributed by atoms with van der Waals surface area (Å²) in [6.07, 6.45) is 3.36. The summed E-state index contributed by atoms with van der Waals surface area (Å²) in [7, 11) is 0. The van der Waals surface area contributed by atoms with Gasteiger partial charge in [-0.1, -0.05) is 12.1 Å². The molecule has 5 rings (SSSR count). The highest BCUT2D eigenvalue weighted by molar-refractivity contribution is 5.92. The van der Waals surface area contributed by atoms with Crippen LogP contribution in [0.4, 0.5) is 0 Å². The number of aromatic nitrogens is 4. The van der Waals surface area contributed by atoms with Crippen LogP contribution >= 0.6 is 0 Å². The molecule has 1 atom stereocenters. The van der Waals surface area contributed by atoms with Crippen LogP contribution in [0.5, 0.6) is 0 Å². The van der Waals surface area contributed by atoms with Gasteiger partial charge in [0.1, 0.15) is 11.5 Å². The van der Waals surface area contributed by atoms with Crippen LogP contribution in [-0.2, 0) is 0 Å². The van der Waals surface area contributed by atoms with Crippen LogP contribution in [0.25, 0.3) is 11.0 Å². The van der Waals surface area contributed by atoms with E-state index in [0.29, 0.717) is 18.2 Å². The number of hydrogen-bond donors (Lipinski definition) is 1. The average molecular weight is 335 g/mol. The zero-order chi connectivity index (χ0) is 17.0. The number of rotatable bonds is 3. The van der Waals surface area contributed by atoms with E-state index in [4.69, 9.17) is 0 Å². The smallest absolute Gasteiger partial charge is 0.274 e. The van der Waals surface area contributed by atoms with Crippen LogP contribution in [0.15, 0.2) is 30.3 Å². The summed E-state index contributed by atoms with van der Waals surface area (Å²) >= 11 is 0. The van der Waals surface area contributed by atoms with Crippen molar-refractivity contribution in [3.63, 3.8) is 0 Å². The lowest BCUT2D eigenvalue weighted by atomic mass is 10.2. The van der Waals surface area contributed by atoms with Gasteiger partial charge in [0.05, 0.1) is 17.1 Å². The standard InChI is InChI=1S/C19H21N5O/c1-12-20-15-4-2-3-5-18(15)24(12)14-8-9-23(11-14)19(25)17-10-16(21-22-17)13-6-7-13/h2-5,10,13-14H,6-9,11H2,1H3,(H,21,22)/t14-/m0/s1. The predicted octanol–water partition coefficient (Wildman–Crippen LogP) is 3.03. The van der Waals surface area contributed by atoms with E-state index < -0.39 is 0 Å². The predicted molar refractivity (Wildman–Crippen MR) is 94.6 cm³/mol. The lowest BCUT2D eigenvalue weighted by molar-refractivity contribution is 0.0782. The van der Waals surface area contributed by atoms with Crippen molar-refractivity contribution in [1.29, 1.82) is 0 Å². The van der Waals surface area contributed by atoms with E-state index in [1.54, 1.807) is 0 Å². The Balaban J connectivity index is 1.38. The average Bonchev–Trinajstić information content (AvgIpc) is 3.05. The van der Waals surface area contributed by atoms with Crippen molar-refractivity contribution in [2.24, 2.45) is 0 Å². The first-order valence-electron chi connectivity index (χ1n) is 8.99. The van der Waals surface area contributed by atoms with E-state index >= 15 is 0 Å². The second-order valence-corrected chi connectivity index (χ2v) is 7.19. The van der Waals surface area contributed by atoms with Crippen molar-refractivity contribution >= 4 is 16.9 Å². The molecule has 6 nitrogen and oxygen atoms in total. The summed E-state index contributed by atoms with van der Waals surface area (Å²) < 4.78 is 2.28. The van der Waals surface area contributed by atoms with Gasteiger partial charge in [-0.3, -0.25) is 9.89 Å². The Bertz CT molecular complexity index is 952. The Morgan fingerprint density at radius 1 is 1.24 bits per heavy atom. The third-order valence-corrected chi connectivity index (χ3v) is 5.42. The van der Waals surface area contributed by atoms with E-state index in [2.05, 4.69) is 25.8 Å². The van der Waals surface area contributed by atoms with Crippen LogP contribution in [0.2, 0.25) is 0 Å². The van der Waals surface area contributed by atoms with Gasteiger partial charge < -0.3 is 9.47 Å². The normalized spacial score (nSPS) is 20.5. The number of amides is 1. The number of fused-ring (bicyclic) bond motifs is 1. The SMILES string of the molecule is Cc1nc2ccccc2n1[C@H]1CCN(C(=O)c2cc(C3CC3)[nH]n2)C1. The van der Waals surface area contributed by atoms with Crippen molar-refractivity contribution < 1.29 is 4.79 Å². The first-order valence-corrected chi connectivity index (χ1v) is 8.99. The zero-order valence-corrected chi connectivity index (χ0v) is 14.3. The van der Waals surface area contributed by atoms with Crippen molar-refractivity contribution in [3.05, 3.63) is 47.5 Å². The number of nitrogens with one attached hydrogen (secondary N) is 1. The number of carbonyl (C=O) groups is 1. The molecule has 0 unspecified atom stereocenters. The van der Waals surface area contributed by atoms with Crippen molar-refractivity contribution in [1.82, 2.24) is 24.6 Å². The summed E-state index contributed by atoms with van der Waals surface area (Å²) in [5, 5.41) is 7.27. The van der Waals surface area contributed by atoms with Crippen LogP contribution in [0.1, 0.15) is 53.2 Å². The summed E-state index contributed by atoms with van der Waals surface area (Å²) in [6, 6.07) is 10.4. The fraction of sp³-hybridized carbons (Fsp3) is 0.421. The van der Waals surface area contributed by atoms with Crippen molar-refractivity contribution in [2.45, 2.75) is 38.1 Å². The lowest BCUT2D eigenvalue weighted by Crippen LogP contribution is -2.29. The quantitative estimate of drug-likeness (QED) is 0.800. The molecule has 1 aromatic carbocycles. The Labute approximate surface area is 145 Å². The zero-order valence-electron chi connectivity index (χ0n) is 14.3. The molecular weight excluding hydrogens is 314 g/mol. The number of likely N-dealkylation sites (tertiary alicyclic amines) is 1. The van der Waals surface area contributed by atoms with Gasteiger partial charge in [-0.15, -0.1) is 0 Å². The highest BCUT2D eigenvalue weighted by Gasteiger charge is 2.32. The molecule has 2 aliphatic rings. The minimum atomic E-state index is 0.0349. The van der Waals surface area contributed by atoms with Gasteiger partial charge in [-0.25, -0.2) is 4.98 Å². The number of H-pyrrole nitrogens is 1. The molecule has 0 spiro atoms. The Morgan fingerprint density at radius 2 is 2.08 bits per heavy atom. The first-order chi connectivity index (χ1) is 12.2. The molecule has 3 aromatic rings. The molecule has 2 aromatic heterocycles. The number of nitrogens with zero attached hydrogens (tertiary/aromatic N) is 4. The molecule has 1 amide bonds. The van der Waals surface area contributed by atoms with E-state index in [1.165, 1.54) is 12.8 Å². The summed E-state index contributed by atoms with van der Waals surface area (Å²) in [4.78, 5) is 19.4. The maximum absolute atomic E-state index is 12.8. The van der Waals surface area contributed by atoms with E-state index in [9.17, 15) is 4.79 Å². The molecule has 3 heterocycles. The largest absolute Gasteiger partial charge is 0.335 e. The topological polar surface area (TPSA) is 66.8 Å². The van der Waals surface area contributed by atoms with Crippen LogP contribution in [-0.4, -0.2) is 43.6 Å². The fourth-order valence-electron chi connectivity index (χ4n) is 3.97. The maximum atomic E-state index is 12.8. The lowest BCUT2D eigenvalue weighted by Gasteiger charge is -2.17. The highest BCUT2D eigenvalue weighted by Crippen LogP contribution is 2.39. The molecule has 25 heavy (non-hydrogen) atoms. The van der Waals surface area contributed by atoms with Gasteiger partial charge in [-0.2, -0.15) is 5.10 Å². The number of aromatic amines is 1. The molecule has 0 bridgehead atoms. The summed E-state index contributed by atoms with van der Waals surface area (Å²) in [6.45, 7) is 3.52. The Kier molecular flexibility index (Phi) is 3.20. The molecule has 0 radical (unpaired) electrons. The highest BCUT2D eigenvalue weighted by atomic mass is 16.2. The minimum absolute atomic E-state index is 0.0349. The molecule has 1 aliphatic carbocycles. The molecule has 1 saturated carbocycles. The monoisotopic (exact) mass is 335 g/mol. The third-order valence-electron chi connectivity index (χ3n) is 5.42. The molecule has 128 valence electrons. The van der Waals surface area contributed by atoms with Gasteiger partial charge in [0.25, 0.3) is 5.91 Å². The number of carbonyl (C=O) groups excluding carboxylic acids is 1. The van der Waals surface area contributed by atoms with Crippen molar-refractivity contribution in [2.75, 3.05) is 13.1 Å². The van der Waals surface area contributed by atoms with Gasteiger partial charge >= 0.3 is 0 Å².